The number of nitrogens with one attached hydrogen (secondary N) is 2. The number of hydrogen-bond acceptors (Lipinski definition) is 5. The first-order valence-corrected chi connectivity index (χ1v) is 12.7. The number of carbonyl (C=O) groups is 2. The first kappa shape index (κ1) is 22.7. The molecule has 6 rings (SSSR count). The van der Waals surface area contributed by atoms with E-state index >= 15 is 0 Å². The number of amides is 1. The summed E-state index contributed by atoms with van der Waals surface area (Å²) in [7, 11) is 0. The summed E-state index contributed by atoms with van der Waals surface area (Å²) in [5, 5.41) is 12.7. The lowest BCUT2D eigenvalue weighted by atomic mass is 10.0. The molecular weight excluding hydrogens is 454 g/mol. The van der Waals surface area contributed by atoms with E-state index in [9.17, 15) is 9.59 Å². The van der Waals surface area contributed by atoms with Crippen LogP contribution < -0.4 is 0 Å². The summed E-state index contributed by atoms with van der Waals surface area (Å²) in [6.07, 6.45) is 7.90. The van der Waals surface area contributed by atoms with Crippen molar-refractivity contribution in [3.05, 3.63) is 52.7 Å². The molecule has 2 N–H and O–H groups in total. The van der Waals surface area contributed by atoms with Crippen LogP contribution in [0.2, 0.25) is 0 Å². The molecule has 5 heterocycles. The minimum atomic E-state index is -0.0178. The number of H-pyrrole nitrogens is 2. The van der Waals surface area contributed by atoms with Crippen LogP contribution >= 0.6 is 0 Å². The van der Waals surface area contributed by atoms with Crippen LogP contribution in [-0.2, 0) is 11.2 Å². The van der Waals surface area contributed by atoms with E-state index < -0.39 is 0 Å². The van der Waals surface area contributed by atoms with Gasteiger partial charge in [-0.3, -0.25) is 19.4 Å². The van der Waals surface area contributed by atoms with Gasteiger partial charge in [-0.05, 0) is 64.2 Å². The van der Waals surface area contributed by atoms with Crippen LogP contribution in [-0.4, -0.2) is 59.6 Å². The number of hydrogen-bond donors (Lipinski definition) is 2. The summed E-state index contributed by atoms with van der Waals surface area (Å²) < 4.78 is 2.12. The average molecular weight is 486 g/mol. The number of likely N-dealkylation sites (tertiary alicyclic amines) is 1. The molecular formula is C27H31N7O2. The number of carbonyl (C=O) groups excluding carboxylic acids is 2. The Morgan fingerprint density at radius 1 is 1.06 bits per heavy atom. The highest BCUT2D eigenvalue weighted by Crippen LogP contribution is 2.34. The van der Waals surface area contributed by atoms with Gasteiger partial charge in [0.2, 0.25) is 5.91 Å². The van der Waals surface area contributed by atoms with Crippen LogP contribution in [0, 0.1) is 26.7 Å². The molecule has 1 aliphatic carbocycles. The predicted octanol–water partition coefficient (Wildman–Crippen LogP) is 4.07. The minimum absolute atomic E-state index is 0.0178. The minimum Gasteiger partial charge on any atom is -0.342 e. The van der Waals surface area contributed by atoms with E-state index in [0.29, 0.717) is 17.6 Å². The molecule has 0 unspecified atom stereocenters. The molecule has 1 amide bonds. The number of pyridine rings is 1. The van der Waals surface area contributed by atoms with Gasteiger partial charge in [0, 0.05) is 59.5 Å². The van der Waals surface area contributed by atoms with Gasteiger partial charge in [0.15, 0.2) is 5.78 Å². The number of aromatic nitrogens is 6. The van der Waals surface area contributed by atoms with Gasteiger partial charge in [0.05, 0.1) is 17.9 Å². The third-order valence-corrected chi connectivity index (χ3v) is 7.79. The Balaban J connectivity index is 1.18. The maximum Gasteiger partial charge on any atom is 0.225 e. The lowest BCUT2D eigenvalue weighted by Gasteiger charge is -2.32. The Hall–Kier alpha value is -3.75. The van der Waals surface area contributed by atoms with Crippen LogP contribution in [0.5, 0.6) is 0 Å². The second-order valence-electron chi connectivity index (χ2n) is 10.3. The smallest absolute Gasteiger partial charge is 0.225 e. The molecule has 0 radical (unpaired) electrons. The van der Waals surface area contributed by atoms with Crippen LogP contribution in [0.4, 0.5) is 0 Å². The number of aromatic amines is 2. The molecule has 186 valence electrons. The number of aryl methyl sites for hydroxylation is 1. The van der Waals surface area contributed by atoms with Crippen LogP contribution in [0.15, 0.2) is 24.5 Å². The van der Waals surface area contributed by atoms with Gasteiger partial charge in [-0.1, -0.05) is 0 Å². The molecule has 9 heteroatoms. The SMILES string of the molecule is Cc1[nH]nc(C(=O)Cc2cnc3[nH]c(-c4cnn(C5CCN(C(=O)C6CC6)CC5)c4C)cc3c2)c1C. The Bertz CT molecular complexity index is 1460. The molecule has 1 aliphatic heterocycles. The number of ketones is 1. The number of nitrogens with zero attached hydrogens (tertiary/aromatic N) is 5. The second-order valence-corrected chi connectivity index (χ2v) is 10.3. The van der Waals surface area contributed by atoms with Crippen LogP contribution in [0.1, 0.15) is 64.7 Å². The van der Waals surface area contributed by atoms with Crippen LogP contribution in [0.25, 0.3) is 22.3 Å². The summed E-state index contributed by atoms with van der Waals surface area (Å²) in [5.41, 5.74) is 7.06. The summed E-state index contributed by atoms with van der Waals surface area (Å²) in [5.74, 6) is 0.607. The maximum atomic E-state index is 12.8. The quantitative estimate of drug-likeness (QED) is 0.400. The number of Topliss-reactive ketones (excluding diaryl/α,β-unsaturated/α-hetero) is 1. The third-order valence-electron chi connectivity index (χ3n) is 7.79. The van der Waals surface area contributed by atoms with Crippen molar-refractivity contribution in [2.45, 2.75) is 58.9 Å². The zero-order chi connectivity index (χ0) is 25.0. The number of fused-ring (bicyclic) bond motifs is 1. The molecule has 2 aliphatic rings. The van der Waals surface area contributed by atoms with E-state index in [1.165, 1.54) is 0 Å². The molecule has 9 nitrogen and oxygen atoms in total. The van der Waals surface area contributed by atoms with Crippen molar-refractivity contribution in [1.82, 2.24) is 34.8 Å². The zero-order valence-corrected chi connectivity index (χ0v) is 21.0. The second kappa shape index (κ2) is 8.72. The standard InChI is InChI=1S/C27H31N7O2/c1-15-16(2)31-32-25(15)24(35)11-18-10-20-12-23(30-26(20)28-13-18)22-14-29-34(17(22)3)21-6-8-33(9-7-21)27(36)19-4-5-19/h10,12-14,19,21H,4-9,11H2,1-3H3,(H,28,30)(H,31,32). The van der Waals surface area contributed by atoms with Crippen molar-refractivity contribution < 1.29 is 9.59 Å². The fourth-order valence-electron chi connectivity index (χ4n) is 5.30. The fraction of sp³-hybridized carbons (Fsp3) is 0.444. The molecule has 2 fully saturated rings. The Morgan fingerprint density at radius 3 is 2.53 bits per heavy atom. The molecule has 36 heavy (non-hydrogen) atoms. The lowest BCUT2D eigenvalue weighted by Crippen LogP contribution is -2.40. The normalized spacial score (nSPS) is 16.7. The Morgan fingerprint density at radius 2 is 1.83 bits per heavy atom. The highest BCUT2D eigenvalue weighted by atomic mass is 16.2. The molecule has 4 aromatic heterocycles. The van der Waals surface area contributed by atoms with E-state index in [1.54, 1.807) is 6.20 Å². The van der Waals surface area contributed by atoms with Crippen molar-refractivity contribution in [1.29, 1.82) is 0 Å². The summed E-state index contributed by atoms with van der Waals surface area (Å²) in [6, 6.07) is 4.39. The first-order valence-electron chi connectivity index (χ1n) is 12.7. The van der Waals surface area contributed by atoms with Gasteiger partial charge in [0.1, 0.15) is 11.3 Å². The van der Waals surface area contributed by atoms with E-state index in [4.69, 9.17) is 5.10 Å². The lowest BCUT2D eigenvalue weighted by molar-refractivity contribution is -0.133. The molecule has 1 saturated carbocycles. The fourth-order valence-corrected chi connectivity index (χ4v) is 5.30. The van der Waals surface area contributed by atoms with Crippen molar-refractivity contribution in [2.24, 2.45) is 5.92 Å². The summed E-state index contributed by atoms with van der Waals surface area (Å²) in [6.45, 7) is 7.54. The van der Waals surface area contributed by atoms with Gasteiger partial charge in [0.25, 0.3) is 0 Å². The number of piperidine rings is 1. The Kier molecular flexibility index (Phi) is 5.50. The molecule has 0 spiro atoms. The third kappa shape index (κ3) is 4.02. The molecule has 0 atom stereocenters. The highest BCUT2D eigenvalue weighted by Gasteiger charge is 2.35. The molecule has 4 aromatic rings. The molecule has 0 bridgehead atoms. The van der Waals surface area contributed by atoms with E-state index in [1.807, 2.05) is 31.0 Å². The van der Waals surface area contributed by atoms with Gasteiger partial charge >= 0.3 is 0 Å². The average Bonchev–Trinajstić information content (AvgIpc) is 3.41. The van der Waals surface area contributed by atoms with Crippen molar-refractivity contribution in [2.75, 3.05) is 13.1 Å². The molecule has 1 saturated heterocycles. The van der Waals surface area contributed by atoms with Crippen molar-refractivity contribution in [3.63, 3.8) is 0 Å². The zero-order valence-electron chi connectivity index (χ0n) is 21.0. The Labute approximate surface area is 209 Å². The van der Waals surface area contributed by atoms with Crippen molar-refractivity contribution in [3.8, 4) is 11.3 Å². The number of rotatable bonds is 6. The summed E-state index contributed by atoms with van der Waals surface area (Å²) in [4.78, 5) is 35.2. The topological polar surface area (TPSA) is 113 Å². The summed E-state index contributed by atoms with van der Waals surface area (Å²) >= 11 is 0. The van der Waals surface area contributed by atoms with E-state index in [2.05, 4.69) is 37.8 Å². The van der Waals surface area contributed by atoms with E-state index in [0.717, 1.165) is 83.6 Å². The van der Waals surface area contributed by atoms with Gasteiger partial charge in [-0.15, -0.1) is 0 Å². The van der Waals surface area contributed by atoms with Crippen molar-refractivity contribution >= 4 is 22.7 Å². The van der Waals surface area contributed by atoms with Gasteiger partial charge in [-0.25, -0.2) is 4.98 Å². The van der Waals surface area contributed by atoms with Crippen LogP contribution in [0.3, 0.4) is 0 Å². The monoisotopic (exact) mass is 485 g/mol. The largest absolute Gasteiger partial charge is 0.342 e. The predicted molar refractivity (Wildman–Crippen MR) is 136 cm³/mol. The molecule has 0 aromatic carbocycles. The highest BCUT2D eigenvalue weighted by molar-refractivity contribution is 5.97. The maximum absolute atomic E-state index is 12.8. The first-order chi connectivity index (χ1) is 17.4. The van der Waals surface area contributed by atoms with Gasteiger partial charge in [-0.2, -0.15) is 10.2 Å². The van der Waals surface area contributed by atoms with Gasteiger partial charge < -0.3 is 9.88 Å². The van der Waals surface area contributed by atoms with E-state index in [-0.39, 0.29) is 18.1 Å².